The molecule has 8 aromatic carbocycles. The lowest BCUT2D eigenvalue weighted by molar-refractivity contribution is 0.668. The highest BCUT2D eigenvalue weighted by atomic mass is 16.3. The molecule has 4 heteroatoms. The highest BCUT2D eigenvalue weighted by Gasteiger charge is 2.29. The van der Waals surface area contributed by atoms with Crippen molar-refractivity contribution >= 4 is 65.7 Å². The second-order valence-corrected chi connectivity index (χ2v) is 14.4. The molecule has 0 radical (unpaired) electrons. The summed E-state index contributed by atoms with van der Waals surface area (Å²) in [5, 5.41) is 6.80. The Morgan fingerprint density at radius 2 is 0.643 bits per heavy atom. The van der Waals surface area contributed by atoms with Crippen LogP contribution in [0.4, 0.5) is 0 Å². The first-order chi connectivity index (χ1) is 27.8. The Labute approximate surface area is 321 Å². The number of rotatable bonds is 5. The van der Waals surface area contributed by atoms with Gasteiger partial charge in [0.25, 0.3) is 0 Å². The Hall–Kier alpha value is -7.56. The van der Waals surface area contributed by atoms with E-state index in [0.29, 0.717) is 0 Å². The summed E-state index contributed by atoms with van der Waals surface area (Å²) < 4.78 is 17.8. The molecular formula is C52H32N2O2. The Kier molecular flexibility index (Phi) is 6.60. The maximum atomic E-state index is 6.48. The van der Waals surface area contributed by atoms with Crippen LogP contribution in [0.1, 0.15) is 0 Å². The molecule has 0 fully saturated rings. The van der Waals surface area contributed by atoms with Gasteiger partial charge < -0.3 is 18.0 Å². The first kappa shape index (κ1) is 30.9. The minimum absolute atomic E-state index is 0.865. The molecule has 0 spiro atoms. The first-order valence-corrected chi connectivity index (χ1v) is 19.0. The SMILES string of the molecule is c1ccc(-c2c(-c3c(-c4ccccc4)n(-c4ccc5c(c4)oc4ccccc45)c4ccccc34)c3ccccc3n2-c2ccc3c(c2)oc2ccccc23)cc1. The second-order valence-electron chi connectivity index (χ2n) is 14.4. The zero-order valence-electron chi connectivity index (χ0n) is 30.2. The minimum Gasteiger partial charge on any atom is -0.456 e. The topological polar surface area (TPSA) is 36.1 Å². The summed E-state index contributed by atoms with van der Waals surface area (Å²) >= 11 is 0. The number of benzene rings is 8. The van der Waals surface area contributed by atoms with Crippen LogP contribution in [0.2, 0.25) is 0 Å². The summed E-state index contributed by atoms with van der Waals surface area (Å²) in [5.41, 5.74) is 14.7. The smallest absolute Gasteiger partial charge is 0.137 e. The maximum Gasteiger partial charge on any atom is 0.137 e. The maximum absolute atomic E-state index is 6.48. The van der Waals surface area contributed by atoms with Crippen LogP contribution in [0.25, 0.3) is 111 Å². The molecule has 0 bridgehead atoms. The van der Waals surface area contributed by atoms with Crippen molar-refractivity contribution in [2.24, 2.45) is 0 Å². The molecule has 12 aromatic rings. The summed E-state index contributed by atoms with van der Waals surface area (Å²) in [5.74, 6) is 0. The molecule has 56 heavy (non-hydrogen) atoms. The Balaban J connectivity index is 1.22. The molecule has 0 aliphatic rings. The van der Waals surface area contributed by atoms with E-state index in [1.807, 2.05) is 24.3 Å². The van der Waals surface area contributed by atoms with Gasteiger partial charge in [-0.1, -0.05) is 133 Å². The largest absolute Gasteiger partial charge is 0.456 e. The van der Waals surface area contributed by atoms with E-state index < -0.39 is 0 Å². The standard InChI is InChI=1S/C52H32N2O2/c1-3-15-33(16-4-1)51-49(41-21-7-11-23-43(41)53(51)35-27-29-39-37-19-9-13-25-45(37)55-47(39)31-35)50-42-22-8-12-24-44(42)54(52(50)34-17-5-2-6-18-34)36-28-30-40-38-20-10-14-26-46(38)56-48(40)32-36/h1-32H. The Morgan fingerprint density at radius 3 is 1.09 bits per heavy atom. The van der Waals surface area contributed by atoms with Crippen molar-refractivity contribution in [3.63, 3.8) is 0 Å². The van der Waals surface area contributed by atoms with Crippen molar-refractivity contribution in [2.45, 2.75) is 0 Å². The summed E-state index contributed by atoms with van der Waals surface area (Å²) in [6.45, 7) is 0. The van der Waals surface area contributed by atoms with Crippen molar-refractivity contribution in [1.82, 2.24) is 9.13 Å². The van der Waals surface area contributed by atoms with E-state index in [9.17, 15) is 0 Å². The molecule has 262 valence electrons. The van der Waals surface area contributed by atoms with Gasteiger partial charge in [0.2, 0.25) is 0 Å². The third-order valence-electron chi connectivity index (χ3n) is 11.3. The fourth-order valence-electron chi connectivity index (χ4n) is 8.97. The van der Waals surface area contributed by atoms with Crippen LogP contribution in [0.5, 0.6) is 0 Å². The molecular weight excluding hydrogens is 685 g/mol. The van der Waals surface area contributed by atoms with Gasteiger partial charge in [-0.05, 0) is 59.7 Å². The zero-order valence-corrected chi connectivity index (χ0v) is 30.2. The van der Waals surface area contributed by atoms with Crippen molar-refractivity contribution in [3.05, 3.63) is 194 Å². The fourth-order valence-corrected chi connectivity index (χ4v) is 8.97. The van der Waals surface area contributed by atoms with Crippen molar-refractivity contribution in [2.75, 3.05) is 0 Å². The lowest BCUT2D eigenvalue weighted by atomic mass is 9.93. The van der Waals surface area contributed by atoms with Crippen molar-refractivity contribution < 1.29 is 8.83 Å². The fraction of sp³-hybridized carbons (Fsp3) is 0. The van der Waals surface area contributed by atoms with Gasteiger partial charge in [0.05, 0.1) is 22.4 Å². The molecule has 0 unspecified atom stereocenters. The zero-order chi connectivity index (χ0) is 36.7. The van der Waals surface area contributed by atoms with E-state index in [2.05, 4.69) is 179 Å². The van der Waals surface area contributed by atoms with Gasteiger partial charge in [0.1, 0.15) is 22.3 Å². The molecule has 4 heterocycles. The minimum atomic E-state index is 0.865. The normalized spacial score (nSPS) is 11.9. The summed E-state index contributed by atoms with van der Waals surface area (Å²) in [6, 6.07) is 69.0. The third kappa shape index (κ3) is 4.47. The monoisotopic (exact) mass is 716 g/mol. The second kappa shape index (κ2) is 12.0. The van der Waals surface area contributed by atoms with Gasteiger partial charge in [0.15, 0.2) is 0 Å². The van der Waals surface area contributed by atoms with Gasteiger partial charge in [-0.25, -0.2) is 0 Å². The summed E-state index contributed by atoms with van der Waals surface area (Å²) in [6.07, 6.45) is 0. The van der Waals surface area contributed by atoms with E-state index in [0.717, 1.165) is 88.8 Å². The summed E-state index contributed by atoms with van der Waals surface area (Å²) in [7, 11) is 0. The molecule has 0 aliphatic carbocycles. The molecule has 0 saturated carbocycles. The van der Waals surface area contributed by atoms with Crippen LogP contribution in [-0.4, -0.2) is 9.13 Å². The average Bonchev–Trinajstić information content (AvgIpc) is 4.01. The molecule has 0 saturated heterocycles. The number of fused-ring (bicyclic) bond motifs is 8. The van der Waals surface area contributed by atoms with Gasteiger partial charge in [-0.3, -0.25) is 0 Å². The van der Waals surface area contributed by atoms with Crippen molar-refractivity contribution in [1.29, 1.82) is 0 Å². The number of hydrogen-bond acceptors (Lipinski definition) is 2. The van der Waals surface area contributed by atoms with Crippen LogP contribution in [0, 0.1) is 0 Å². The number of nitrogens with zero attached hydrogens (tertiary/aromatic N) is 2. The molecule has 0 aliphatic heterocycles. The molecule has 0 atom stereocenters. The molecule has 12 rings (SSSR count). The predicted molar refractivity (Wildman–Crippen MR) is 231 cm³/mol. The van der Waals surface area contributed by atoms with Crippen molar-refractivity contribution in [3.8, 4) is 45.0 Å². The van der Waals surface area contributed by atoms with Gasteiger partial charge in [-0.2, -0.15) is 0 Å². The molecule has 0 amide bonds. The first-order valence-electron chi connectivity index (χ1n) is 19.0. The van der Waals surface area contributed by atoms with E-state index in [1.165, 1.54) is 21.9 Å². The number of aromatic nitrogens is 2. The Bertz CT molecular complexity index is 3240. The van der Waals surface area contributed by atoms with Crippen LogP contribution < -0.4 is 0 Å². The molecule has 4 nitrogen and oxygen atoms in total. The predicted octanol–water partition coefficient (Wildman–Crippen LogP) is 14.4. The lowest BCUT2D eigenvalue weighted by Crippen LogP contribution is -1.99. The van der Waals surface area contributed by atoms with E-state index >= 15 is 0 Å². The number of furan rings is 2. The molecule has 4 aromatic heterocycles. The van der Waals surface area contributed by atoms with Gasteiger partial charge in [-0.15, -0.1) is 0 Å². The van der Waals surface area contributed by atoms with E-state index in [1.54, 1.807) is 0 Å². The quantitative estimate of drug-likeness (QED) is 0.178. The number of para-hydroxylation sites is 4. The van der Waals surface area contributed by atoms with Crippen LogP contribution in [-0.2, 0) is 0 Å². The van der Waals surface area contributed by atoms with E-state index in [-0.39, 0.29) is 0 Å². The van der Waals surface area contributed by atoms with Gasteiger partial charge in [0, 0.05) is 67.0 Å². The Morgan fingerprint density at radius 1 is 0.286 bits per heavy atom. The van der Waals surface area contributed by atoms with E-state index in [4.69, 9.17) is 8.83 Å². The van der Waals surface area contributed by atoms with Crippen LogP contribution in [0.15, 0.2) is 203 Å². The highest BCUT2D eigenvalue weighted by Crippen LogP contribution is 2.51. The lowest BCUT2D eigenvalue weighted by Gasteiger charge is -2.16. The van der Waals surface area contributed by atoms with Crippen LogP contribution in [0.3, 0.4) is 0 Å². The average molecular weight is 717 g/mol. The summed E-state index contributed by atoms with van der Waals surface area (Å²) in [4.78, 5) is 0. The van der Waals surface area contributed by atoms with Crippen LogP contribution >= 0.6 is 0 Å². The highest BCUT2D eigenvalue weighted by molar-refractivity contribution is 6.17. The number of hydrogen-bond donors (Lipinski definition) is 0. The third-order valence-corrected chi connectivity index (χ3v) is 11.3. The van der Waals surface area contributed by atoms with Gasteiger partial charge >= 0.3 is 0 Å². The molecule has 0 N–H and O–H groups in total.